The Bertz CT molecular complexity index is 427. The van der Waals surface area contributed by atoms with Gasteiger partial charge in [-0.25, -0.2) is 0 Å². The molecule has 1 unspecified atom stereocenters. The van der Waals surface area contributed by atoms with Crippen molar-refractivity contribution in [2.24, 2.45) is 0 Å². The van der Waals surface area contributed by atoms with Gasteiger partial charge in [-0.15, -0.1) is 0 Å². The minimum atomic E-state index is -1.71. The van der Waals surface area contributed by atoms with Gasteiger partial charge in [0.25, 0.3) is 0 Å². The first-order chi connectivity index (χ1) is 9.17. The Morgan fingerprint density at radius 2 is 1.80 bits per heavy atom. The maximum atomic E-state index is 6.59. The summed E-state index contributed by atoms with van der Waals surface area (Å²) in [5, 5.41) is 1.24. The zero-order valence-corrected chi connectivity index (χ0v) is 17.3. The molecule has 1 aromatic rings. The van der Waals surface area contributed by atoms with Crippen LogP contribution in [0.4, 0.5) is 0 Å². The average Bonchev–Trinajstić information content (AvgIpc) is 2.30. The Labute approximate surface area is 141 Å². The van der Waals surface area contributed by atoms with Crippen LogP contribution in [0.5, 0.6) is 0 Å². The fourth-order valence-corrected chi connectivity index (χ4v) is 4.17. The highest BCUT2D eigenvalue weighted by atomic mass is 79.9. The summed E-state index contributed by atoms with van der Waals surface area (Å²) in [6, 6.07) is 8.44. The van der Waals surface area contributed by atoms with Crippen molar-refractivity contribution in [3.8, 4) is 0 Å². The summed E-state index contributed by atoms with van der Waals surface area (Å²) in [7, 11) is -1.71. The number of hydrogen-bond acceptors (Lipinski definition) is 1. The normalized spacial score (nSPS) is 14.3. The summed E-state index contributed by atoms with van der Waals surface area (Å²) in [5.41, 5.74) is 1.33. The summed E-state index contributed by atoms with van der Waals surface area (Å²) in [6.45, 7) is 11.5. The van der Waals surface area contributed by atoms with Crippen molar-refractivity contribution in [3.05, 3.63) is 34.3 Å². The van der Waals surface area contributed by atoms with E-state index in [1.54, 1.807) is 0 Å². The van der Waals surface area contributed by atoms with Crippen molar-refractivity contribution in [3.63, 3.8) is 0 Å². The molecular formula is C16H26Br2OSi. The van der Waals surface area contributed by atoms with Gasteiger partial charge in [0.15, 0.2) is 8.32 Å². The second kappa shape index (κ2) is 7.57. The van der Waals surface area contributed by atoms with Crippen LogP contribution in [0.3, 0.4) is 0 Å². The molecule has 0 aliphatic rings. The molecule has 0 bridgehead atoms. The number of rotatable bonds is 6. The molecule has 0 spiro atoms. The van der Waals surface area contributed by atoms with Crippen LogP contribution < -0.4 is 0 Å². The van der Waals surface area contributed by atoms with E-state index >= 15 is 0 Å². The van der Waals surface area contributed by atoms with Crippen molar-refractivity contribution in [1.82, 2.24) is 0 Å². The summed E-state index contributed by atoms with van der Waals surface area (Å²) < 4.78 is 7.77. The molecule has 1 nitrogen and oxygen atoms in total. The van der Waals surface area contributed by atoms with Crippen molar-refractivity contribution in [2.75, 3.05) is 5.33 Å². The zero-order valence-electron chi connectivity index (χ0n) is 13.2. The lowest BCUT2D eigenvalue weighted by molar-refractivity contribution is 0.178. The number of hydrogen-bond donors (Lipinski definition) is 0. The molecule has 1 rings (SSSR count). The van der Waals surface area contributed by atoms with Gasteiger partial charge in [0.1, 0.15) is 0 Å². The van der Waals surface area contributed by atoms with Crippen LogP contribution in [-0.4, -0.2) is 19.8 Å². The maximum Gasteiger partial charge on any atom is 0.192 e. The van der Waals surface area contributed by atoms with E-state index in [4.69, 9.17) is 4.43 Å². The highest BCUT2D eigenvalue weighted by molar-refractivity contribution is 9.10. The largest absolute Gasteiger partial charge is 0.414 e. The Balaban J connectivity index is 2.83. The van der Waals surface area contributed by atoms with Crippen molar-refractivity contribution < 1.29 is 4.43 Å². The van der Waals surface area contributed by atoms with Gasteiger partial charge < -0.3 is 4.43 Å². The SMILES string of the molecule is CC(C)(C)[Si](C)(C)OC(CCBr)Cc1ccccc1Br. The van der Waals surface area contributed by atoms with Gasteiger partial charge in [0.2, 0.25) is 0 Å². The lowest BCUT2D eigenvalue weighted by atomic mass is 10.1. The molecule has 0 heterocycles. The third-order valence-corrected chi connectivity index (χ3v) is 9.87. The summed E-state index contributed by atoms with van der Waals surface area (Å²) in [5.74, 6) is 0. The molecule has 0 aliphatic heterocycles. The van der Waals surface area contributed by atoms with Crippen molar-refractivity contribution in [1.29, 1.82) is 0 Å². The first kappa shape index (κ1) is 18.4. The molecule has 0 fully saturated rings. The predicted octanol–water partition coefficient (Wildman–Crippen LogP) is 6.17. The van der Waals surface area contributed by atoms with Gasteiger partial charge in [-0.05, 0) is 42.6 Å². The van der Waals surface area contributed by atoms with Crippen LogP contribution in [0.25, 0.3) is 0 Å². The predicted molar refractivity (Wildman–Crippen MR) is 98.3 cm³/mol. The highest BCUT2D eigenvalue weighted by Crippen LogP contribution is 2.38. The van der Waals surface area contributed by atoms with E-state index in [1.807, 2.05) is 0 Å². The van der Waals surface area contributed by atoms with Gasteiger partial charge in [0, 0.05) is 15.9 Å². The van der Waals surface area contributed by atoms with E-state index in [-0.39, 0.29) is 11.1 Å². The molecule has 1 aromatic carbocycles. The van der Waals surface area contributed by atoms with E-state index in [0.717, 1.165) is 18.2 Å². The Morgan fingerprint density at radius 1 is 1.20 bits per heavy atom. The molecule has 0 radical (unpaired) electrons. The summed E-state index contributed by atoms with van der Waals surface area (Å²) >= 11 is 7.20. The Morgan fingerprint density at radius 3 is 2.30 bits per heavy atom. The van der Waals surface area contributed by atoms with Gasteiger partial charge in [-0.2, -0.15) is 0 Å². The zero-order chi connectivity index (χ0) is 15.4. The van der Waals surface area contributed by atoms with E-state index in [1.165, 1.54) is 10.0 Å². The highest BCUT2D eigenvalue weighted by Gasteiger charge is 2.39. The third kappa shape index (κ3) is 5.28. The molecule has 1 atom stereocenters. The van der Waals surface area contributed by atoms with Crippen LogP contribution in [0.2, 0.25) is 18.1 Å². The first-order valence-electron chi connectivity index (χ1n) is 7.14. The second-order valence-electron chi connectivity index (χ2n) is 6.77. The Hall–Kier alpha value is 0.357. The molecule has 0 aromatic heterocycles. The summed E-state index contributed by atoms with van der Waals surface area (Å²) in [6.07, 6.45) is 2.31. The van der Waals surface area contributed by atoms with Crippen LogP contribution in [0, 0.1) is 0 Å². The fraction of sp³-hybridized carbons (Fsp3) is 0.625. The quantitative estimate of drug-likeness (QED) is 0.394. The van der Waals surface area contributed by atoms with E-state index < -0.39 is 8.32 Å². The van der Waals surface area contributed by atoms with Crippen LogP contribution in [-0.2, 0) is 10.8 Å². The molecule has 0 aliphatic carbocycles. The molecule has 0 N–H and O–H groups in total. The molecular weight excluding hydrogens is 396 g/mol. The van der Waals surface area contributed by atoms with Crippen LogP contribution >= 0.6 is 31.9 Å². The van der Waals surface area contributed by atoms with Crippen LogP contribution in [0.15, 0.2) is 28.7 Å². The molecule has 114 valence electrons. The molecule has 0 amide bonds. The maximum absolute atomic E-state index is 6.59. The van der Waals surface area contributed by atoms with Gasteiger partial charge >= 0.3 is 0 Å². The van der Waals surface area contributed by atoms with Crippen molar-refractivity contribution >= 4 is 40.2 Å². The van der Waals surface area contributed by atoms with E-state index in [0.29, 0.717) is 0 Å². The lowest BCUT2D eigenvalue weighted by Crippen LogP contribution is -2.44. The second-order valence-corrected chi connectivity index (χ2v) is 13.2. The smallest absolute Gasteiger partial charge is 0.192 e. The standard InChI is InChI=1S/C16H26Br2OSi/c1-16(2,3)20(4,5)19-14(10-11-17)12-13-8-6-7-9-15(13)18/h6-9,14H,10-12H2,1-5H3. The van der Waals surface area contributed by atoms with Crippen LogP contribution in [0.1, 0.15) is 32.8 Å². The van der Waals surface area contributed by atoms with E-state index in [2.05, 4.69) is 90.0 Å². The monoisotopic (exact) mass is 420 g/mol. The molecule has 0 saturated carbocycles. The van der Waals surface area contributed by atoms with Gasteiger partial charge in [-0.3, -0.25) is 0 Å². The number of benzene rings is 1. The lowest BCUT2D eigenvalue weighted by Gasteiger charge is -2.39. The molecule has 20 heavy (non-hydrogen) atoms. The topological polar surface area (TPSA) is 9.23 Å². The minimum Gasteiger partial charge on any atom is -0.414 e. The molecule has 0 saturated heterocycles. The fourth-order valence-electron chi connectivity index (χ4n) is 1.83. The first-order valence-corrected chi connectivity index (χ1v) is 12.0. The molecule has 4 heteroatoms. The number of alkyl halides is 1. The van der Waals surface area contributed by atoms with Gasteiger partial charge in [-0.1, -0.05) is 70.8 Å². The summed E-state index contributed by atoms with van der Waals surface area (Å²) in [4.78, 5) is 0. The average molecular weight is 422 g/mol. The minimum absolute atomic E-state index is 0.255. The van der Waals surface area contributed by atoms with Crippen molar-refractivity contribution in [2.45, 2.75) is 57.8 Å². The van der Waals surface area contributed by atoms with Gasteiger partial charge in [0.05, 0.1) is 0 Å². The number of halogens is 2. The van der Waals surface area contributed by atoms with E-state index in [9.17, 15) is 0 Å². The Kier molecular flexibility index (Phi) is 6.97. The third-order valence-electron chi connectivity index (χ3n) is 4.10.